The fourth-order valence-electron chi connectivity index (χ4n) is 2.71. The number of hydrogen-bond acceptors (Lipinski definition) is 4. The molecule has 1 atom stereocenters. The Morgan fingerprint density at radius 3 is 2.59 bits per heavy atom. The molecule has 3 rings (SSSR count). The first-order valence-electron chi connectivity index (χ1n) is 7.51. The highest BCUT2D eigenvalue weighted by Crippen LogP contribution is 2.34. The van der Waals surface area contributed by atoms with Crippen LogP contribution >= 0.6 is 0 Å². The third-order valence-corrected chi connectivity index (χ3v) is 3.85. The van der Waals surface area contributed by atoms with Crippen LogP contribution < -0.4 is 20.8 Å². The lowest BCUT2D eigenvalue weighted by atomic mass is 10.1. The maximum atomic E-state index is 12.6. The highest BCUT2D eigenvalue weighted by atomic mass is 16.6. The zero-order valence-electron chi connectivity index (χ0n) is 12.8. The summed E-state index contributed by atoms with van der Waals surface area (Å²) in [4.78, 5) is 12.6. The molecule has 5 nitrogen and oxygen atoms in total. The zero-order valence-corrected chi connectivity index (χ0v) is 12.8. The van der Waals surface area contributed by atoms with E-state index in [-0.39, 0.29) is 11.6 Å². The van der Waals surface area contributed by atoms with Crippen molar-refractivity contribution in [2.24, 2.45) is 5.73 Å². The van der Waals surface area contributed by atoms with E-state index in [1.807, 2.05) is 44.2 Å². The Morgan fingerprint density at radius 1 is 1.18 bits per heavy atom. The van der Waals surface area contributed by atoms with Gasteiger partial charge in [0.2, 0.25) is 0 Å². The molecule has 1 aliphatic heterocycles. The molecule has 2 heterocycles. The van der Waals surface area contributed by atoms with E-state index in [9.17, 15) is 4.79 Å². The van der Waals surface area contributed by atoms with E-state index in [4.69, 9.17) is 15.2 Å². The minimum atomic E-state index is -0.278. The van der Waals surface area contributed by atoms with E-state index in [1.165, 1.54) is 0 Å². The molecule has 0 aliphatic carbocycles. The summed E-state index contributed by atoms with van der Waals surface area (Å²) in [6.45, 7) is 5.47. The summed E-state index contributed by atoms with van der Waals surface area (Å²) in [5.74, 6) is 1.46. The number of hydrogen-bond donors (Lipinski definition) is 1. The van der Waals surface area contributed by atoms with E-state index >= 15 is 0 Å². The molecule has 1 aliphatic rings. The Kier molecular flexibility index (Phi) is 3.90. The summed E-state index contributed by atoms with van der Waals surface area (Å²) >= 11 is 0. The number of fused-ring (bicyclic) bond motifs is 1. The van der Waals surface area contributed by atoms with Gasteiger partial charge in [-0.25, -0.2) is 0 Å². The van der Waals surface area contributed by atoms with Gasteiger partial charge >= 0.3 is 0 Å². The number of nitrogens with zero attached hydrogens (tertiary/aromatic N) is 1. The lowest BCUT2D eigenvalue weighted by Gasteiger charge is -2.20. The van der Waals surface area contributed by atoms with Gasteiger partial charge in [-0.3, -0.25) is 4.79 Å². The van der Waals surface area contributed by atoms with Crippen LogP contribution in [-0.2, 0) is 6.54 Å². The molecule has 0 spiro atoms. The van der Waals surface area contributed by atoms with E-state index in [0.29, 0.717) is 25.3 Å². The first-order chi connectivity index (χ1) is 10.6. The average Bonchev–Trinajstić information content (AvgIpc) is 2.53. The van der Waals surface area contributed by atoms with Crippen molar-refractivity contribution in [3.63, 3.8) is 0 Å². The molecule has 0 bridgehead atoms. The Hall–Kier alpha value is -2.27. The topological polar surface area (TPSA) is 66.5 Å². The van der Waals surface area contributed by atoms with Crippen LogP contribution in [0.3, 0.4) is 0 Å². The second kappa shape index (κ2) is 5.85. The molecular weight excluding hydrogens is 280 g/mol. The van der Waals surface area contributed by atoms with Crippen molar-refractivity contribution in [3.05, 3.63) is 46.2 Å². The van der Waals surface area contributed by atoms with E-state index in [2.05, 4.69) is 0 Å². The van der Waals surface area contributed by atoms with Crippen LogP contribution in [0, 0.1) is 0 Å². The monoisotopic (exact) mass is 300 g/mol. The van der Waals surface area contributed by atoms with Crippen LogP contribution in [0.2, 0.25) is 0 Å². The summed E-state index contributed by atoms with van der Waals surface area (Å²) in [5.41, 5.74) is 8.24. The molecule has 5 heteroatoms. The fraction of sp³-hybridized carbons (Fsp3) is 0.353. The predicted molar refractivity (Wildman–Crippen MR) is 85.4 cm³/mol. The van der Waals surface area contributed by atoms with Gasteiger partial charge in [0.1, 0.15) is 13.2 Å². The van der Waals surface area contributed by atoms with Crippen molar-refractivity contribution in [2.45, 2.75) is 26.4 Å². The van der Waals surface area contributed by atoms with Crippen molar-refractivity contribution in [3.8, 4) is 22.8 Å². The molecule has 2 N–H and O–H groups in total. The maximum absolute atomic E-state index is 12.6. The van der Waals surface area contributed by atoms with E-state index < -0.39 is 0 Å². The third kappa shape index (κ3) is 2.48. The van der Waals surface area contributed by atoms with Gasteiger partial charge in [0.15, 0.2) is 11.5 Å². The summed E-state index contributed by atoms with van der Waals surface area (Å²) in [6.07, 6.45) is 0. The molecular formula is C17H20N2O3. The second-order valence-electron chi connectivity index (χ2n) is 5.37. The van der Waals surface area contributed by atoms with Crippen LogP contribution in [0.5, 0.6) is 11.5 Å². The summed E-state index contributed by atoms with van der Waals surface area (Å²) in [5, 5.41) is 0. The number of benzene rings is 1. The molecule has 0 saturated carbocycles. The average molecular weight is 300 g/mol. The summed E-state index contributed by atoms with van der Waals surface area (Å²) in [6, 6.07) is 9.22. The van der Waals surface area contributed by atoms with Crippen LogP contribution in [0.25, 0.3) is 11.3 Å². The van der Waals surface area contributed by atoms with Gasteiger partial charge in [-0.15, -0.1) is 0 Å². The Balaban J connectivity index is 2.12. The fourth-order valence-corrected chi connectivity index (χ4v) is 2.71. The molecule has 0 amide bonds. The third-order valence-electron chi connectivity index (χ3n) is 3.85. The van der Waals surface area contributed by atoms with Crippen molar-refractivity contribution < 1.29 is 9.47 Å². The van der Waals surface area contributed by atoms with Gasteiger partial charge in [0.05, 0.1) is 5.69 Å². The Labute approximate surface area is 129 Å². The number of nitrogens with two attached hydrogens (primary N) is 1. The normalized spacial score (nSPS) is 14.7. The number of aromatic nitrogens is 1. The SMILES string of the molecule is CCn1c(-c2ccc3c(c2)OCCO3)ccc(C(C)N)c1=O. The molecule has 1 aromatic carbocycles. The Bertz CT molecular complexity index is 750. The first kappa shape index (κ1) is 14.7. The van der Waals surface area contributed by atoms with Crippen LogP contribution in [-0.4, -0.2) is 17.8 Å². The van der Waals surface area contributed by atoms with Gasteiger partial charge in [0, 0.05) is 23.7 Å². The molecule has 1 aromatic heterocycles. The van der Waals surface area contributed by atoms with Crippen molar-refractivity contribution in [1.82, 2.24) is 4.57 Å². The minimum absolute atomic E-state index is 0.0371. The van der Waals surface area contributed by atoms with Crippen molar-refractivity contribution >= 4 is 0 Å². The summed E-state index contributed by atoms with van der Waals surface area (Å²) in [7, 11) is 0. The van der Waals surface area contributed by atoms with Crippen LogP contribution in [0.4, 0.5) is 0 Å². The molecule has 1 unspecified atom stereocenters. The molecule has 22 heavy (non-hydrogen) atoms. The molecule has 116 valence electrons. The smallest absolute Gasteiger partial charge is 0.255 e. The lowest BCUT2D eigenvalue weighted by Crippen LogP contribution is -2.27. The van der Waals surface area contributed by atoms with Crippen LogP contribution in [0.15, 0.2) is 35.1 Å². The molecule has 2 aromatic rings. The van der Waals surface area contributed by atoms with Gasteiger partial charge in [-0.1, -0.05) is 0 Å². The zero-order chi connectivity index (χ0) is 15.7. The van der Waals surface area contributed by atoms with Gasteiger partial charge in [0.25, 0.3) is 5.56 Å². The highest BCUT2D eigenvalue weighted by Gasteiger charge is 2.16. The first-order valence-corrected chi connectivity index (χ1v) is 7.51. The molecule has 0 radical (unpaired) electrons. The number of pyridine rings is 1. The maximum Gasteiger partial charge on any atom is 0.255 e. The largest absolute Gasteiger partial charge is 0.486 e. The van der Waals surface area contributed by atoms with Crippen molar-refractivity contribution in [1.29, 1.82) is 0 Å². The summed E-state index contributed by atoms with van der Waals surface area (Å²) < 4.78 is 12.9. The number of rotatable bonds is 3. The predicted octanol–water partition coefficient (Wildman–Crippen LogP) is 2.33. The Morgan fingerprint density at radius 2 is 1.91 bits per heavy atom. The van der Waals surface area contributed by atoms with E-state index in [0.717, 1.165) is 22.8 Å². The second-order valence-corrected chi connectivity index (χ2v) is 5.37. The molecule has 0 fully saturated rings. The minimum Gasteiger partial charge on any atom is -0.486 e. The van der Waals surface area contributed by atoms with Gasteiger partial charge in [-0.2, -0.15) is 0 Å². The lowest BCUT2D eigenvalue weighted by molar-refractivity contribution is 0.171. The standard InChI is InChI=1S/C17H20N2O3/c1-3-19-14(6-5-13(11(2)18)17(19)20)12-4-7-15-16(10-12)22-9-8-21-15/h4-7,10-11H,3,8-9,18H2,1-2H3. The highest BCUT2D eigenvalue weighted by molar-refractivity contribution is 5.65. The van der Waals surface area contributed by atoms with Gasteiger partial charge < -0.3 is 19.8 Å². The van der Waals surface area contributed by atoms with E-state index in [1.54, 1.807) is 4.57 Å². The van der Waals surface area contributed by atoms with Crippen LogP contribution in [0.1, 0.15) is 25.5 Å². The quantitative estimate of drug-likeness (QED) is 0.944. The molecule has 0 saturated heterocycles. The number of ether oxygens (including phenoxy) is 2. The van der Waals surface area contributed by atoms with Gasteiger partial charge in [-0.05, 0) is 44.2 Å². The van der Waals surface area contributed by atoms with Crippen molar-refractivity contribution in [2.75, 3.05) is 13.2 Å².